The number of carbonyl (C=O) groups is 1. The molecule has 5 nitrogen and oxygen atoms in total. The van der Waals surface area contributed by atoms with E-state index in [9.17, 15) is 4.79 Å². The predicted molar refractivity (Wildman–Crippen MR) is 75.6 cm³/mol. The number of nitrogens with zero attached hydrogens (tertiary/aromatic N) is 2. The zero-order valence-corrected chi connectivity index (χ0v) is 11.4. The molecule has 0 radical (unpaired) electrons. The fourth-order valence-electron chi connectivity index (χ4n) is 2.44. The van der Waals surface area contributed by atoms with Crippen molar-refractivity contribution < 1.29 is 4.79 Å². The summed E-state index contributed by atoms with van der Waals surface area (Å²) in [7, 11) is 0. The second-order valence-electron chi connectivity index (χ2n) is 5.12. The van der Waals surface area contributed by atoms with E-state index in [4.69, 9.17) is 11.5 Å². The first kappa shape index (κ1) is 13.8. The molecule has 1 aromatic rings. The zero-order valence-electron chi connectivity index (χ0n) is 11.4. The van der Waals surface area contributed by atoms with Gasteiger partial charge in [0.25, 0.3) is 0 Å². The molecule has 0 bridgehead atoms. The number of hydrogen-bond acceptors (Lipinski definition) is 4. The molecule has 1 aliphatic rings. The highest BCUT2D eigenvalue weighted by atomic mass is 16.1. The van der Waals surface area contributed by atoms with Crippen molar-refractivity contribution in [1.82, 2.24) is 4.98 Å². The summed E-state index contributed by atoms with van der Waals surface area (Å²) in [4.78, 5) is 17.8. The number of pyridine rings is 1. The Morgan fingerprint density at radius 1 is 1.47 bits per heavy atom. The molecule has 0 aromatic carbocycles. The number of carbonyl (C=O) groups excluding carboxylic acids is 1. The third-order valence-electron chi connectivity index (χ3n) is 3.85. The number of nitrogens with two attached hydrogens (primary N) is 2. The quantitative estimate of drug-likeness (QED) is 0.853. The highest BCUT2D eigenvalue weighted by Crippen LogP contribution is 2.23. The fraction of sp³-hybridized carbons (Fsp3) is 0.571. The summed E-state index contributed by atoms with van der Waals surface area (Å²) >= 11 is 0. The van der Waals surface area contributed by atoms with Crippen LogP contribution in [0.4, 0.5) is 5.69 Å². The second kappa shape index (κ2) is 6.02. The van der Waals surface area contributed by atoms with E-state index in [1.807, 2.05) is 12.3 Å². The molecule has 0 spiro atoms. The van der Waals surface area contributed by atoms with Crippen LogP contribution in [0, 0.1) is 5.92 Å². The van der Waals surface area contributed by atoms with E-state index in [0.717, 1.165) is 43.7 Å². The molecule has 1 aliphatic heterocycles. The molecule has 104 valence electrons. The lowest BCUT2D eigenvalue weighted by atomic mass is 9.96. The largest absolute Gasteiger partial charge is 0.370 e. The number of primary amides is 1. The van der Waals surface area contributed by atoms with Crippen LogP contribution in [-0.2, 0) is 4.79 Å². The Hall–Kier alpha value is -1.62. The van der Waals surface area contributed by atoms with Crippen LogP contribution in [0.5, 0.6) is 0 Å². The zero-order chi connectivity index (χ0) is 13.8. The van der Waals surface area contributed by atoms with Gasteiger partial charge in [-0.2, -0.15) is 0 Å². The third kappa shape index (κ3) is 3.23. The Morgan fingerprint density at radius 3 is 2.63 bits per heavy atom. The van der Waals surface area contributed by atoms with Crippen LogP contribution in [0.2, 0.25) is 0 Å². The highest BCUT2D eigenvalue weighted by molar-refractivity contribution is 5.77. The Labute approximate surface area is 114 Å². The number of aromatic nitrogens is 1. The smallest absolute Gasteiger partial charge is 0.220 e. The maximum Gasteiger partial charge on any atom is 0.220 e. The van der Waals surface area contributed by atoms with Gasteiger partial charge in [0.15, 0.2) is 0 Å². The maximum atomic E-state index is 11.1. The molecular formula is C14H22N4O. The topological polar surface area (TPSA) is 85.2 Å². The monoisotopic (exact) mass is 262 g/mol. The van der Waals surface area contributed by atoms with Crippen LogP contribution in [0.1, 0.15) is 37.9 Å². The summed E-state index contributed by atoms with van der Waals surface area (Å²) in [5.41, 5.74) is 13.3. The second-order valence-corrected chi connectivity index (χ2v) is 5.12. The van der Waals surface area contributed by atoms with E-state index < -0.39 is 0 Å². The maximum absolute atomic E-state index is 11.1. The van der Waals surface area contributed by atoms with Gasteiger partial charge in [0.1, 0.15) is 0 Å². The molecule has 1 saturated heterocycles. The number of amides is 1. The van der Waals surface area contributed by atoms with Gasteiger partial charge in [-0.25, -0.2) is 0 Å². The van der Waals surface area contributed by atoms with E-state index in [2.05, 4.69) is 22.9 Å². The summed E-state index contributed by atoms with van der Waals surface area (Å²) in [6, 6.07) is 4.06. The van der Waals surface area contributed by atoms with Crippen molar-refractivity contribution in [3.63, 3.8) is 0 Å². The number of hydrogen-bond donors (Lipinski definition) is 2. The third-order valence-corrected chi connectivity index (χ3v) is 3.85. The van der Waals surface area contributed by atoms with Gasteiger partial charge in [-0.05, 0) is 31.4 Å². The van der Waals surface area contributed by atoms with E-state index in [-0.39, 0.29) is 17.9 Å². The minimum Gasteiger partial charge on any atom is -0.370 e. The van der Waals surface area contributed by atoms with Gasteiger partial charge in [0, 0.05) is 25.0 Å². The Bertz CT molecular complexity index is 424. The fourth-order valence-corrected chi connectivity index (χ4v) is 2.44. The van der Waals surface area contributed by atoms with Crippen LogP contribution in [-0.4, -0.2) is 24.0 Å². The van der Waals surface area contributed by atoms with Crippen LogP contribution < -0.4 is 16.4 Å². The van der Waals surface area contributed by atoms with E-state index in [1.165, 1.54) is 0 Å². The number of piperidine rings is 1. The van der Waals surface area contributed by atoms with Gasteiger partial charge in [-0.3, -0.25) is 9.78 Å². The molecule has 0 unspecified atom stereocenters. The van der Waals surface area contributed by atoms with Gasteiger partial charge < -0.3 is 16.4 Å². The van der Waals surface area contributed by atoms with Crippen molar-refractivity contribution >= 4 is 11.6 Å². The average molecular weight is 262 g/mol. The molecule has 1 atom stereocenters. The van der Waals surface area contributed by atoms with Gasteiger partial charge >= 0.3 is 0 Å². The van der Waals surface area contributed by atoms with Crippen molar-refractivity contribution in [2.24, 2.45) is 17.4 Å². The lowest BCUT2D eigenvalue weighted by Gasteiger charge is -2.32. The lowest BCUT2D eigenvalue weighted by molar-refractivity contribution is -0.122. The summed E-state index contributed by atoms with van der Waals surface area (Å²) < 4.78 is 0. The molecule has 4 N–H and O–H groups in total. The molecule has 2 rings (SSSR count). The van der Waals surface area contributed by atoms with E-state index >= 15 is 0 Å². The summed E-state index contributed by atoms with van der Waals surface area (Å²) in [6.07, 6.45) is 4.41. The number of anilines is 1. The van der Waals surface area contributed by atoms with Gasteiger partial charge in [-0.15, -0.1) is 0 Å². The van der Waals surface area contributed by atoms with Crippen molar-refractivity contribution in [2.75, 3.05) is 18.0 Å². The summed E-state index contributed by atoms with van der Waals surface area (Å²) in [5, 5.41) is 0. The van der Waals surface area contributed by atoms with Crippen LogP contribution in [0.25, 0.3) is 0 Å². The van der Waals surface area contributed by atoms with E-state index in [1.54, 1.807) is 0 Å². The van der Waals surface area contributed by atoms with Crippen molar-refractivity contribution in [3.8, 4) is 0 Å². The SMILES string of the molecule is CC[C@H](N)c1ccc(N2CCC(C(N)=O)CC2)cn1. The lowest BCUT2D eigenvalue weighted by Crippen LogP contribution is -2.38. The van der Waals surface area contributed by atoms with Crippen LogP contribution in [0.3, 0.4) is 0 Å². The van der Waals surface area contributed by atoms with E-state index in [0.29, 0.717) is 0 Å². The summed E-state index contributed by atoms with van der Waals surface area (Å²) in [6.45, 7) is 3.76. The average Bonchev–Trinajstić information content (AvgIpc) is 2.46. The molecule has 0 aliphatic carbocycles. The van der Waals surface area contributed by atoms with Crippen molar-refractivity contribution in [3.05, 3.63) is 24.0 Å². The van der Waals surface area contributed by atoms with Gasteiger partial charge in [0.05, 0.1) is 17.6 Å². The number of rotatable bonds is 4. The molecule has 1 fully saturated rings. The molecule has 5 heteroatoms. The Balaban J connectivity index is 1.98. The molecule has 1 aromatic heterocycles. The minimum atomic E-state index is -0.179. The normalized spacial score (nSPS) is 18.3. The van der Waals surface area contributed by atoms with Crippen LogP contribution >= 0.6 is 0 Å². The van der Waals surface area contributed by atoms with Crippen molar-refractivity contribution in [1.29, 1.82) is 0 Å². The van der Waals surface area contributed by atoms with Crippen LogP contribution in [0.15, 0.2) is 18.3 Å². The first-order valence-corrected chi connectivity index (χ1v) is 6.87. The van der Waals surface area contributed by atoms with Gasteiger partial charge in [0.2, 0.25) is 5.91 Å². The summed E-state index contributed by atoms with van der Waals surface area (Å²) in [5.74, 6) is -0.154. The minimum absolute atomic E-state index is 0.00893. The molecular weight excluding hydrogens is 240 g/mol. The highest BCUT2D eigenvalue weighted by Gasteiger charge is 2.23. The molecule has 2 heterocycles. The predicted octanol–water partition coefficient (Wildman–Crippen LogP) is 1.19. The molecule has 1 amide bonds. The standard InChI is InChI=1S/C14H22N4O/c1-2-12(15)13-4-3-11(9-17-13)18-7-5-10(6-8-18)14(16)19/h3-4,9-10,12H,2,5-8,15H2,1H3,(H2,16,19)/t12-/m0/s1. The Morgan fingerprint density at radius 2 is 2.16 bits per heavy atom. The first-order chi connectivity index (χ1) is 9.11. The first-order valence-electron chi connectivity index (χ1n) is 6.87. The molecule has 0 saturated carbocycles. The Kier molecular flexibility index (Phi) is 4.37. The van der Waals surface area contributed by atoms with Crippen molar-refractivity contribution in [2.45, 2.75) is 32.2 Å². The van der Waals surface area contributed by atoms with Gasteiger partial charge in [-0.1, -0.05) is 6.92 Å². The molecule has 19 heavy (non-hydrogen) atoms.